The Balaban J connectivity index is 2.25. The van der Waals surface area contributed by atoms with E-state index in [1.165, 1.54) is 24.0 Å². The van der Waals surface area contributed by atoms with Gasteiger partial charge in [0.1, 0.15) is 0 Å². The predicted octanol–water partition coefficient (Wildman–Crippen LogP) is 4.26. The zero-order valence-corrected chi connectivity index (χ0v) is 13.4. The Labute approximate surface area is 118 Å². The molecular formula is C18H29N. The number of benzene rings is 1. The van der Waals surface area contributed by atoms with Crippen molar-refractivity contribution in [3.63, 3.8) is 0 Å². The summed E-state index contributed by atoms with van der Waals surface area (Å²) in [5.41, 5.74) is 4.03. The molecule has 1 aromatic carbocycles. The Bertz CT molecular complexity index is 426. The van der Waals surface area contributed by atoms with Crippen molar-refractivity contribution in [2.24, 2.45) is 5.41 Å². The Kier molecular flexibility index (Phi) is 3.55. The Morgan fingerprint density at radius 1 is 1.05 bits per heavy atom. The average Bonchev–Trinajstić information content (AvgIpc) is 2.25. The summed E-state index contributed by atoms with van der Waals surface area (Å²) in [5, 5.41) is 3.39. The summed E-state index contributed by atoms with van der Waals surface area (Å²) >= 11 is 0. The Hall–Kier alpha value is -0.820. The summed E-state index contributed by atoms with van der Waals surface area (Å²) in [7, 11) is 2.07. The van der Waals surface area contributed by atoms with E-state index in [0.29, 0.717) is 10.8 Å². The third-order valence-electron chi connectivity index (χ3n) is 4.51. The monoisotopic (exact) mass is 259 g/mol. The second kappa shape index (κ2) is 4.63. The zero-order chi connectivity index (χ0) is 14.3. The lowest BCUT2D eigenvalue weighted by atomic mass is 9.52. The average molecular weight is 259 g/mol. The van der Waals surface area contributed by atoms with Gasteiger partial charge in [-0.2, -0.15) is 0 Å². The topological polar surface area (TPSA) is 12.0 Å². The molecule has 2 rings (SSSR count). The van der Waals surface area contributed by atoms with Crippen LogP contribution in [0.5, 0.6) is 0 Å². The van der Waals surface area contributed by atoms with Crippen molar-refractivity contribution in [1.29, 1.82) is 0 Å². The summed E-state index contributed by atoms with van der Waals surface area (Å²) in [6.07, 6.45) is 2.57. The molecule has 0 heterocycles. The molecule has 0 saturated heterocycles. The number of hydrogen-bond donors (Lipinski definition) is 1. The van der Waals surface area contributed by atoms with Gasteiger partial charge in [0.25, 0.3) is 0 Å². The van der Waals surface area contributed by atoms with E-state index in [1.807, 2.05) is 0 Å². The predicted molar refractivity (Wildman–Crippen MR) is 83.8 cm³/mol. The maximum absolute atomic E-state index is 3.39. The third-order valence-corrected chi connectivity index (χ3v) is 4.51. The lowest BCUT2D eigenvalue weighted by Crippen LogP contribution is -2.52. The molecular weight excluding hydrogens is 230 g/mol. The van der Waals surface area contributed by atoms with E-state index in [1.54, 1.807) is 0 Å². The lowest BCUT2D eigenvalue weighted by Gasteiger charge is -2.54. The molecule has 1 N–H and O–H groups in total. The molecule has 0 bridgehead atoms. The highest BCUT2D eigenvalue weighted by Gasteiger charge is 2.49. The van der Waals surface area contributed by atoms with Gasteiger partial charge in [0.15, 0.2) is 0 Å². The van der Waals surface area contributed by atoms with Crippen LogP contribution in [0.25, 0.3) is 0 Å². The molecule has 0 aromatic heterocycles. The summed E-state index contributed by atoms with van der Waals surface area (Å²) in [6.45, 7) is 12.7. The van der Waals surface area contributed by atoms with E-state index in [4.69, 9.17) is 0 Å². The zero-order valence-electron chi connectivity index (χ0n) is 13.4. The van der Waals surface area contributed by atoms with E-state index < -0.39 is 0 Å². The molecule has 0 spiro atoms. The van der Waals surface area contributed by atoms with Gasteiger partial charge in [-0.3, -0.25) is 0 Å². The normalized spacial score (nSPS) is 20.9. The second-order valence-corrected chi connectivity index (χ2v) is 8.16. The van der Waals surface area contributed by atoms with E-state index in [2.05, 4.69) is 71.2 Å². The van der Waals surface area contributed by atoms with Crippen LogP contribution < -0.4 is 5.32 Å². The van der Waals surface area contributed by atoms with Gasteiger partial charge < -0.3 is 5.32 Å². The van der Waals surface area contributed by atoms with Gasteiger partial charge >= 0.3 is 0 Å². The first kappa shape index (κ1) is 14.6. The van der Waals surface area contributed by atoms with Crippen molar-refractivity contribution >= 4 is 0 Å². The minimum Gasteiger partial charge on any atom is -0.319 e. The van der Waals surface area contributed by atoms with E-state index >= 15 is 0 Å². The first-order valence-electron chi connectivity index (χ1n) is 7.44. The summed E-state index contributed by atoms with van der Waals surface area (Å²) in [5.74, 6) is 0. The van der Waals surface area contributed by atoms with Crippen LogP contribution in [0, 0.1) is 5.41 Å². The van der Waals surface area contributed by atoms with Gasteiger partial charge in [0.05, 0.1) is 0 Å². The van der Waals surface area contributed by atoms with Gasteiger partial charge in [0.2, 0.25) is 0 Å². The van der Waals surface area contributed by atoms with Crippen LogP contribution in [0.3, 0.4) is 0 Å². The van der Waals surface area contributed by atoms with Gasteiger partial charge in [-0.1, -0.05) is 58.9 Å². The van der Waals surface area contributed by atoms with E-state index in [9.17, 15) is 0 Å². The van der Waals surface area contributed by atoms with Crippen LogP contribution in [-0.4, -0.2) is 13.6 Å². The maximum Gasteiger partial charge on any atom is 0.00878 e. The van der Waals surface area contributed by atoms with Crippen molar-refractivity contribution in [2.45, 2.75) is 58.3 Å². The number of nitrogens with one attached hydrogen (secondary N) is 1. The van der Waals surface area contributed by atoms with Crippen LogP contribution in [0.2, 0.25) is 0 Å². The Morgan fingerprint density at radius 3 is 1.95 bits per heavy atom. The number of rotatable bonds is 3. The quantitative estimate of drug-likeness (QED) is 0.855. The summed E-state index contributed by atoms with van der Waals surface area (Å²) < 4.78 is 0. The first-order chi connectivity index (χ1) is 8.69. The van der Waals surface area contributed by atoms with Crippen molar-refractivity contribution in [3.05, 3.63) is 35.4 Å². The van der Waals surface area contributed by atoms with Crippen molar-refractivity contribution in [2.75, 3.05) is 13.6 Å². The summed E-state index contributed by atoms with van der Waals surface area (Å²) in [4.78, 5) is 0. The molecule has 0 radical (unpaired) electrons. The molecule has 0 atom stereocenters. The third kappa shape index (κ3) is 2.86. The standard InChI is InChI=1S/C18H29N/c1-16(2,3)14-7-9-15(10-8-14)18(13-19-6)11-17(4,5)12-18/h7-10,19H,11-13H2,1-6H3. The fourth-order valence-electron chi connectivity index (χ4n) is 3.87. The molecule has 1 saturated carbocycles. The van der Waals surface area contributed by atoms with Crippen LogP contribution in [0.15, 0.2) is 24.3 Å². The highest BCUT2D eigenvalue weighted by atomic mass is 14.8. The Morgan fingerprint density at radius 2 is 1.58 bits per heavy atom. The molecule has 0 aliphatic heterocycles. The molecule has 1 heteroatoms. The molecule has 1 aliphatic rings. The maximum atomic E-state index is 3.39. The highest BCUT2D eigenvalue weighted by molar-refractivity contribution is 5.35. The van der Waals surface area contributed by atoms with E-state index in [-0.39, 0.29) is 5.41 Å². The summed E-state index contributed by atoms with van der Waals surface area (Å²) in [6, 6.07) is 9.34. The first-order valence-corrected chi connectivity index (χ1v) is 7.44. The lowest BCUT2D eigenvalue weighted by molar-refractivity contribution is 0.0578. The van der Waals surface area contributed by atoms with Crippen molar-refractivity contribution in [1.82, 2.24) is 5.32 Å². The number of hydrogen-bond acceptors (Lipinski definition) is 1. The fourth-order valence-corrected chi connectivity index (χ4v) is 3.87. The van der Waals surface area contributed by atoms with Crippen LogP contribution >= 0.6 is 0 Å². The molecule has 19 heavy (non-hydrogen) atoms. The second-order valence-electron chi connectivity index (χ2n) is 8.16. The molecule has 0 amide bonds. The molecule has 1 aromatic rings. The molecule has 0 unspecified atom stereocenters. The van der Waals surface area contributed by atoms with Gasteiger partial charge in [-0.25, -0.2) is 0 Å². The van der Waals surface area contributed by atoms with Crippen LogP contribution in [-0.2, 0) is 10.8 Å². The minimum atomic E-state index is 0.244. The van der Waals surface area contributed by atoms with E-state index in [0.717, 1.165) is 6.54 Å². The molecule has 1 nitrogen and oxygen atoms in total. The largest absolute Gasteiger partial charge is 0.319 e. The fraction of sp³-hybridized carbons (Fsp3) is 0.667. The highest BCUT2D eigenvalue weighted by Crippen LogP contribution is 2.55. The SMILES string of the molecule is CNCC1(c2ccc(C(C)(C)C)cc2)CC(C)(C)C1. The molecule has 106 valence electrons. The smallest absolute Gasteiger partial charge is 0.00878 e. The van der Waals surface area contributed by atoms with Crippen molar-refractivity contribution in [3.8, 4) is 0 Å². The van der Waals surface area contributed by atoms with Gasteiger partial charge in [0, 0.05) is 12.0 Å². The number of likely N-dealkylation sites (N-methyl/N-ethyl adjacent to an activating group) is 1. The van der Waals surface area contributed by atoms with Gasteiger partial charge in [-0.15, -0.1) is 0 Å². The van der Waals surface area contributed by atoms with Crippen molar-refractivity contribution < 1.29 is 0 Å². The van der Waals surface area contributed by atoms with Crippen LogP contribution in [0.1, 0.15) is 58.6 Å². The minimum absolute atomic E-state index is 0.244. The van der Waals surface area contributed by atoms with Crippen LogP contribution in [0.4, 0.5) is 0 Å². The molecule has 1 fully saturated rings. The molecule has 1 aliphatic carbocycles. The van der Waals surface area contributed by atoms with Gasteiger partial charge in [-0.05, 0) is 41.8 Å².